The number of hydrogen-bond acceptors (Lipinski definition) is 5. The second-order valence-corrected chi connectivity index (χ2v) is 6.56. The molecule has 20 heavy (non-hydrogen) atoms. The molecular formula is C13H12N2O3S2. The first-order valence-corrected chi connectivity index (χ1v) is 7.95. The topological polar surface area (TPSA) is 75.3 Å². The summed E-state index contributed by atoms with van der Waals surface area (Å²) in [5.74, 6) is -0.882. The average Bonchev–Trinajstić information content (AvgIpc) is 2.93. The van der Waals surface area contributed by atoms with E-state index in [1.807, 2.05) is 11.4 Å². The Bertz CT molecular complexity index is 660. The SMILES string of the molecule is O=C1CCC(NC(=O)Cc2cc3cscc3s2)C(=O)N1. The molecule has 3 rings (SSSR count). The highest BCUT2D eigenvalue weighted by molar-refractivity contribution is 7.22. The van der Waals surface area contributed by atoms with Gasteiger partial charge in [-0.1, -0.05) is 0 Å². The molecule has 0 aliphatic carbocycles. The molecule has 5 nitrogen and oxygen atoms in total. The van der Waals surface area contributed by atoms with Crippen LogP contribution in [-0.2, 0) is 20.8 Å². The van der Waals surface area contributed by atoms with Gasteiger partial charge in [-0.15, -0.1) is 11.3 Å². The molecule has 104 valence electrons. The zero-order chi connectivity index (χ0) is 14.1. The highest BCUT2D eigenvalue weighted by Crippen LogP contribution is 2.28. The van der Waals surface area contributed by atoms with Crippen LogP contribution in [0.15, 0.2) is 16.8 Å². The molecular weight excluding hydrogens is 296 g/mol. The van der Waals surface area contributed by atoms with Crippen molar-refractivity contribution in [1.29, 1.82) is 0 Å². The molecule has 3 amide bonds. The van der Waals surface area contributed by atoms with Gasteiger partial charge in [-0.25, -0.2) is 0 Å². The fourth-order valence-corrected chi connectivity index (χ4v) is 4.16. The van der Waals surface area contributed by atoms with E-state index < -0.39 is 11.9 Å². The van der Waals surface area contributed by atoms with E-state index in [1.165, 1.54) is 4.70 Å². The summed E-state index contributed by atoms with van der Waals surface area (Å²) in [5.41, 5.74) is 0. The molecule has 1 fully saturated rings. The van der Waals surface area contributed by atoms with E-state index in [0.29, 0.717) is 6.42 Å². The van der Waals surface area contributed by atoms with Crippen LogP contribution in [0.4, 0.5) is 0 Å². The third-order valence-corrected chi connectivity index (χ3v) is 5.13. The van der Waals surface area contributed by atoms with Gasteiger partial charge < -0.3 is 5.32 Å². The van der Waals surface area contributed by atoms with Crippen LogP contribution < -0.4 is 10.6 Å². The second-order valence-electron chi connectivity index (χ2n) is 4.65. The highest BCUT2D eigenvalue weighted by Gasteiger charge is 2.27. The lowest BCUT2D eigenvalue weighted by Crippen LogP contribution is -2.52. The molecule has 1 aliphatic heterocycles. The number of thiophene rings is 2. The molecule has 2 aromatic rings. The Hall–Kier alpha value is -1.73. The van der Waals surface area contributed by atoms with E-state index in [1.54, 1.807) is 22.7 Å². The van der Waals surface area contributed by atoms with Crippen LogP contribution in [0, 0.1) is 0 Å². The molecule has 0 aromatic carbocycles. The summed E-state index contributed by atoms with van der Waals surface area (Å²) in [4.78, 5) is 35.5. The number of hydrogen-bond donors (Lipinski definition) is 2. The lowest BCUT2D eigenvalue weighted by atomic mass is 10.1. The van der Waals surface area contributed by atoms with E-state index in [-0.39, 0.29) is 24.7 Å². The van der Waals surface area contributed by atoms with Gasteiger partial charge in [-0.2, -0.15) is 11.3 Å². The normalized spacial score (nSPS) is 19.1. The number of carbonyl (C=O) groups is 3. The Morgan fingerprint density at radius 3 is 3.00 bits per heavy atom. The van der Waals surface area contributed by atoms with Crippen LogP contribution in [0.25, 0.3) is 10.1 Å². The monoisotopic (exact) mass is 308 g/mol. The number of imide groups is 1. The van der Waals surface area contributed by atoms with Crippen molar-refractivity contribution in [2.75, 3.05) is 0 Å². The summed E-state index contributed by atoms with van der Waals surface area (Å²) in [6.07, 6.45) is 0.905. The average molecular weight is 308 g/mol. The van der Waals surface area contributed by atoms with Crippen LogP contribution in [-0.4, -0.2) is 23.8 Å². The third kappa shape index (κ3) is 2.73. The molecule has 0 spiro atoms. The van der Waals surface area contributed by atoms with E-state index >= 15 is 0 Å². The first-order chi connectivity index (χ1) is 9.61. The predicted molar refractivity (Wildman–Crippen MR) is 77.7 cm³/mol. The van der Waals surface area contributed by atoms with Gasteiger partial charge in [0.15, 0.2) is 0 Å². The zero-order valence-electron chi connectivity index (χ0n) is 10.5. The van der Waals surface area contributed by atoms with Gasteiger partial charge in [0.1, 0.15) is 6.04 Å². The number of rotatable bonds is 3. The highest BCUT2D eigenvalue weighted by atomic mass is 32.1. The number of fused-ring (bicyclic) bond motifs is 1. The van der Waals surface area contributed by atoms with Crippen LogP contribution in [0.3, 0.4) is 0 Å². The maximum atomic E-state index is 11.9. The molecule has 0 bridgehead atoms. The van der Waals surface area contributed by atoms with Crippen LogP contribution in [0.5, 0.6) is 0 Å². The summed E-state index contributed by atoms with van der Waals surface area (Å²) in [5, 5.41) is 10.2. The molecule has 0 saturated carbocycles. The maximum absolute atomic E-state index is 11.9. The standard InChI is InChI=1S/C13H12N2O3S2/c16-11-2-1-9(13(18)15-11)14-12(17)4-8-3-7-5-19-6-10(7)20-8/h3,5-6,9H,1-2,4H2,(H,14,17)(H,15,16,18). The minimum atomic E-state index is -0.597. The van der Waals surface area contributed by atoms with Gasteiger partial charge in [0, 0.05) is 26.8 Å². The van der Waals surface area contributed by atoms with E-state index in [9.17, 15) is 14.4 Å². The van der Waals surface area contributed by atoms with Crippen molar-refractivity contribution in [2.45, 2.75) is 25.3 Å². The maximum Gasteiger partial charge on any atom is 0.249 e. The summed E-state index contributed by atoms with van der Waals surface area (Å²) >= 11 is 3.23. The van der Waals surface area contributed by atoms with Crippen molar-refractivity contribution in [1.82, 2.24) is 10.6 Å². The van der Waals surface area contributed by atoms with Gasteiger partial charge in [-0.05, 0) is 17.9 Å². The van der Waals surface area contributed by atoms with Crippen molar-refractivity contribution >= 4 is 50.5 Å². The summed E-state index contributed by atoms with van der Waals surface area (Å²) < 4.78 is 1.18. The summed E-state index contributed by atoms with van der Waals surface area (Å²) in [7, 11) is 0. The molecule has 2 aromatic heterocycles. The van der Waals surface area contributed by atoms with Gasteiger partial charge >= 0.3 is 0 Å². The van der Waals surface area contributed by atoms with Crippen LogP contribution >= 0.6 is 22.7 Å². The number of carbonyl (C=O) groups excluding carboxylic acids is 3. The Balaban J connectivity index is 1.60. The van der Waals surface area contributed by atoms with Crippen molar-refractivity contribution in [3.8, 4) is 0 Å². The molecule has 7 heteroatoms. The Kier molecular flexibility index (Phi) is 3.54. The van der Waals surface area contributed by atoms with Crippen LogP contribution in [0.2, 0.25) is 0 Å². The Labute approximate surface area is 123 Å². The van der Waals surface area contributed by atoms with Gasteiger partial charge in [0.2, 0.25) is 17.7 Å². The summed E-state index contributed by atoms with van der Waals surface area (Å²) in [6.45, 7) is 0. The summed E-state index contributed by atoms with van der Waals surface area (Å²) in [6, 6.07) is 1.40. The van der Waals surface area contributed by atoms with E-state index in [4.69, 9.17) is 0 Å². The third-order valence-electron chi connectivity index (χ3n) is 3.12. The quantitative estimate of drug-likeness (QED) is 0.842. The molecule has 1 saturated heterocycles. The van der Waals surface area contributed by atoms with Gasteiger partial charge in [-0.3, -0.25) is 19.7 Å². The van der Waals surface area contributed by atoms with Gasteiger partial charge in [0.25, 0.3) is 0 Å². The first kappa shape index (κ1) is 13.3. The smallest absolute Gasteiger partial charge is 0.249 e. The molecule has 0 radical (unpaired) electrons. The van der Waals surface area contributed by atoms with Crippen LogP contribution in [0.1, 0.15) is 17.7 Å². The molecule has 2 N–H and O–H groups in total. The molecule has 1 unspecified atom stereocenters. The fourth-order valence-electron chi connectivity index (χ4n) is 2.15. The second kappa shape index (κ2) is 5.34. The van der Waals surface area contributed by atoms with Crippen molar-refractivity contribution in [3.63, 3.8) is 0 Å². The number of amides is 3. The van der Waals surface area contributed by atoms with Crippen molar-refractivity contribution in [2.24, 2.45) is 0 Å². The molecule has 1 atom stereocenters. The number of nitrogens with one attached hydrogen (secondary N) is 2. The van der Waals surface area contributed by atoms with Crippen molar-refractivity contribution in [3.05, 3.63) is 21.7 Å². The molecule has 3 heterocycles. The first-order valence-electron chi connectivity index (χ1n) is 6.19. The number of piperidine rings is 1. The minimum Gasteiger partial charge on any atom is -0.344 e. The zero-order valence-corrected chi connectivity index (χ0v) is 12.1. The fraction of sp³-hybridized carbons (Fsp3) is 0.308. The Morgan fingerprint density at radius 2 is 2.25 bits per heavy atom. The van der Waals surface area contributed by atoms with Gasteiger partial charge in [0.05, 0.1) is 6.42 Å². The van der Waals surface area contributed by atoms with E-state index in [2.05, 4.69) is 16.0 Å². The molecule has 1 aliphatic rings. The lowest BCUT2D eigenvalue weighted by Gasteiger charge is -2.21. The lowest BCUT2D eigenvalue weighted by molar-refractivity contribution is -0.137. The van der Waals surface area contributed by atoms with Crippen molar-refractivity contribution < 1.29 is 14.4 Å². The predicted octanol–water partition coefficient (Wildman–Crippen LogP) is 1.43. The minimum absolute atomic E-state index is 0.188. The Morgan fingerprint density at radius 1 is 1.40 bits per heavy atom. The van der Waals surface area contributed by atoms with E-state index in [0.717, 1.165) is 10.3 Å². The largest absolute Gasteiger partial charge is 0.344 e.